The maximum atomic E-state index is 13.8. The zero-order chi connectivity index (χ0) is 26.4. The van der Waals surface area contributed by atoms with E-state index in [-0.39, 0.29) is 36.6 Å². The van der Waals surface area contributed by atoms with E-state index in [0.29, 0.717) is 30.5 Å². The molecule has 1 aromatic heterocycles. The Hall–Kier alpha value is -3.39. The van der Waals surface area contributed by atoms with Crippen molar-refractivity contribution < 1.29 is 23.5 Å². The summed E-state index contributed by atoms with van der Waals surface area (Å²) in [5.74, 6) is 0.614. The van der Waals surface area contributed by atoms with Crippen LogP contribution in [0.3, 0.4) is 0 Å². The van der Waals surface area contributed by atoms with Crippen molar-refractivity contribution in [2.75, 3.05) is 33.4 Å². The van der Waals surface area contributed by atoms with Crippen LogP contribution >= 0.6 is 11.3 Å². The summed E-state index contributed by atoms with van der Waals surface area (Å²) in [5.41, 5.74) is 1.32. The fourth-order valence-electron chi connectivity index (χ4n) is 4.51. The van der Waals surface area contributed by atoms with Gasteiger partial charge in [-0.05, 0) is 66.1 Å². The lowest BCUT2D eigenvalue weighted by Gasteiger charge is -2.37. The van der Waals surface area contributed by atoms with Gasteiger partial charge < -0.3 is 19.3 Å². The summed E-state index contributed by atoms with van der Waals surface area (Å²) in [6, 6.07) is 14.8. The normalized spacial score (nSPS) is 14.8. The third-order valence-electron chi connectivity index (χ3n) is 6.54. The molecule has 0 N–H and O–H groups in total. The van der Waals surface area contributed by atoms with Crippen LogP contribution in [0.15, 0.2) is 60.0 Å². The van der Waals surface area contributed by atoms with Crippen molar-refractivity contribution >= 4 is 23.2 Å². The molecule has 6 nitrogen and oxygen atoms in total. The largest absolute Gasteiger partial charge is 0.493 e. The van der Waals surface area contributed by atoms with E-state index in [0.717, 1.165) is 18.4 Å². The molecule has 1 aliphatic heterocycles. The number of hydrogen-bond donors (Lipinski definition) is 0. The lowest BCUT2D eigenvalue weighted by Crippen LogP contribution is -2.48. The Morgan fingerprint density at radius 1 is 1.14 bits per heavy atom. The van der Waals surface area contributed by atoms with Crippen LogP contribution < -0.4 is 9.47 Å². The van der Waals surface area contributed by atoms with Gasteiger partial charge in [-0.25, -0.2) is 4.39 Å². The van der Waals surface area contributed by atoms with E-state index in [1.807, 2.05) is 40.6 Å². The van der Waals surface area contributed by atoms with E-state index >= 15 is 0 Å². The molecule has 0 saturated carbocycles. The highest BCUT2D eigenvalue weighted by Crippen LogP contribution is 2.35. The van der Waals surface area contributed by atoms with Crippen LogP contribution in [0.25, 0.3) is 0 Å². The highest BCUT2D eigenvalue weighted by molar-refractivity contribution is 7.10. The summed E-state index contributed by atoms with van der Waals surface area (Å²) in [7, 11) is 1.59. The second-order valence-corrected chi connectivity index (χ2v) is 10.5. The van der Waals surface area contributed by atoms with Crippen LogP contribution in [-0.4, -0.2) is 55.0 Å². The number of hydrogen-bond acceptors (Lipinski definition) is 5. The zero-order valence-corrected chi connectivity index (χ0v) is 22.3. The topological polar surface area (TPSA) is 59.1 Å². The number of thiophene rings is 1. The van der Waals surface area contributed by atoms with E-state index < -0.39 is 5.82 Å². The Kier molecular flexibility index (Phi) is 8.82. The number of ether oxygens (including phenoxy) is 2. The van der Waals surface area contributed by atoms with Crippen LogP contribution in [0.2, 0.25) is 0 Å². The van der Waals surface area contributed by atoms with E-state index in [1.54, 1.807) is 29.4 Å². The number of fused-ring (bicyclic) bond motifs is 1. The number of rotatable bonds is 10. The number of methoxy groups -OCH3 is 1. The molecule has 0 unspecified atom stereocenters. The van der Waals surface area contributed by atoms with Gasteiger partial charge in [0.05, 0.1) is 13.2 Å². The quantitative estimate of drug-likeness (QED) is 0.347. The van der Waals surface area contributed by atoms with Gasteiger partial charge in [-0.2, -0.15) is 0 Å². The zero-order valence-electron chi connectivity index (χ0n) is 21.5. The molecule has 2 amide bonds. The highest BCUT2D eigenvalue weighted by atomic mass is 32.1. The number of para-hydroxylation sites is 2. The standard InChI is InChI=1S/C29H33FN2O4S/c1-20(2)11-14-31(29(34)21-7-6-8-22(30)17-21)18-28(33)32-15-12-27-23(13-16-37-27)24(32)19-36-26-10-5-4-9-25(26)35-3/h4-10,13,16-17,20,24H,11-12,14-15,18-19H2,1-3H3/t24-/m1/s1. The van der Waals surface area contributed by atoms with Gasteiger partial charge in [0.1, 0.15) is 19.0 Å². The van der Waals surface area contributed by atoms with Crippen molar-refractivity contribution in [3.05, 3.63) is 81.8 Å². The van der Waals surface area contributed by atoms with Crippen LogP contribution in [0, 0.1) is 11.7 Å². The Labute approximate surface area is 221 Å². The molecule has 0 bridgehead atoms. The molecule has 2 heterocycles. The van der Waals surface area contributed by atoms with Crippen LogP contribution in [-0.2, 0) is 11.2 Å². The Balaban J connectivity index is 1.55. The van der Waals surface area contributed by atoms with Crippen molar-refractivity contribution in [2.45, 2.75) is 32.7 Å². The molecular formula is C29H33FN2O4S. The molecular weight excluding hydrogens is 491 g/mol. The fourth-order valence-corrected chi connectivity index (χ4v) is 5.43. The molecule has 0 fully saturated rings. The molecule has 2 aromatic carbocycles. The molecule has 0 saturated heterocycles. The van der Waals surface area contributed by atoms with Crippen LogP contribution in [0.1, 0.15) is 47.1 Å². The van der Waals surface area contributed by atoms with Gasteiger partial charge in [0.2, 0.25) is 5.91 Å². The van der Waals surface area contributed by atoms with Gasteiger partial charge in [-0.1, -0.05) is 32.0 Å². The summed E-state index contributed by atoms with van der Waals surface area (Å²) < 4.78 is 25.4. The third-order valence-corrected chi connectivity index (χ3v) is 7.54. The molecule has 3 aromatic rings. The number of carbonyl (C=O) groups is 2. The maximum absolute atomic E-state index is 13.8. The molecule has 196 valence electrons. The molecule has 37 heavy (non-hydrogen) atoms. The smallest absolute Gasteiger partial charge is 0.254 e. The number of amides is 2. The van der Waals surface area contributed by atoms with Crippen molar-refractivity contribution in [1.82, 2.24) is 9.80 Å². The summed E-state index contributed by atoms with van der Waals surface area (Å²) >= 11 is 1.68. The highest BCUT2D eigenvalue weighted by Gasteiger charge is 2.34. The lowest BCUT2D eigenvalue weighted by atomic mass is 10.00. The van der Waals surface area contributed by atoms with E-state index in [4.69, 9.17) is 9.47 Å². The van der Waals surface area contributed by atoms with E-state index in [1.165, 1.54) is 23.1 Å². The summed E-state index contributed by atoms with van der Waals surface area (Å²) in [6.07, 6.45) is 1.50. The van der Waals surface area contributed by atoms with Gasteiger partial charge in [-0.3, -0.25) is 9.59 Å². The summed E-state index contributed by atoms with van der Waals surface area (Å²) in [5, 5.41) is 2.04. The van der Waals surface area contributed by atoms with E-state index in [2.05, 4.69) is 13.8 Å². The first-order valence-electron chi connectivity index (χ1n) is 12.5. The first-order chi connectivity index (χ1) is 17.9. The van der Waals surface area contributed by atoms with Crippen LogP contribution in [0.5, 0.6) is 11.5 Å². The Morgan fingerprint density at radius 3 is 2.65 bits per heavy atom. The minimum absolute atomic E-state index is 0.0767. The van der Waals surface area contributed by atoms with Crippen molar-refractivity contribution in [2.24, 2.45) is 5.92 Å². The van der Waals surface area contributed by atoms with Crippen molar-refractivity contribution in [1.29, 1.82) is 0 Å². The van der Waals surface area contributed by atoms with Gasteiger partial charge >= 0.3 is 0 Å². The first-order valence-corrected chi connectivity index (χ1v) is 13.4. The Bertz CT molecular complexity index is 1230. The van der Waals surface area contributed by atoms with Gasteiger partial charge in [-0.15, -0.1) is 11.3 Å². The molecule has 0 radical (unpaired) electrons. The molecule has 0 aliphatic carbocycles. The molecule has 8 heteroatoms. The molecule has 1 aliphatic rings. The third kappa shape index (κ3) is 6.49. The van der Waals surface area contributed by atoms with E-state index in [9.17, 15) is 14.0 Å². The molecule has 1 atom stereocenters. The van der Waals surface area contributed by atoms with Gasteiger partial charge in [0.25, 0.3) is 5.91 Å². The van der Waals surface area contributed by atoms with Crippen molar-refractivity contribution in [3.8, 4) is 11.5 Å². The summed E-state index contributed by atoms with van der Waals surface area (Å²) in [6.45, 7) is 5.28. The Morgan fingerprint density at radius 2 is 1.92 bits per heavy atom. The second-order valence-electron chi connectivity index (χ2n) is 9.53. The van der Waals surface area contributed by atoms with Gasteiger partial charge in [0.15, 0.2) is 11.5 Å². The van der Waals surface area contributed by atoms with Crippen LogP contribution in [0.4, 0.5) is 4.39 Å². The number of nitrogens with zero attached hydrogens (tertiary/aromatic N) is 2. The predicted octanol–water partition coefficient (Wildman–Crippen LogP) is 5.59. The minimum atomic E-state index is -0.476. The second kappa shape index (κ2) is 12.2. The minimum Gasteiger partial charge on any atom is -0.493 e. The number of benzene rings is 2. The fraction of sp³-hybridized carbons (Fsp3) is 0.379. The average molecular weight is 525 g/mol. The number of halogens is 1. The maximum Gasteiger partial charge on any atom is 0.254 e. The molecule has 0 spiro atoms. The predicted molar refractivity (Wildman–Crippen MR) is 143 cm³/mol. The average Bonchev–Trinajstić information content (AvgIpc) is 3.38. The monoisotopic (exact) mass is 524 g/mol. The summed E-state index contributed by atoms with van der Waals surface area (Å²) in [4.78, 5) is 31.6. The number of carbonyl (C=O) groups excluding carboxylic acids is 2. The first kappa shape index (κ1) is 26.7. The van der Waals surface area contributed by atoms with Crippen molar-refractivity contribution in [3.63, 3.8) is 0 Å². The lowest BCUT2D eigenvalue weighted by molar-refractivity contribution is -0.135. The van der Waals surface area contributed by atoms with Gasteiger partial charge in [0, 0.05) is 23.5 Å². The SMILES string of the molecule is COc1ccccc1OC[C@@H]1c2ccsc2CCN1C(=O)CN(CCC(C)C)C(=O)c1cccc(F)c1. The molecule has 4 rings (SSSR count).